The first-order chi connectivity index (χ1) is 5.83. The number of hydrogen-bond acceptors (Lipinski definition) is 2. The molecule has 1 heterocycles. The fourth-order valence-corrected chi connectivity index (χ4v) is 0.945. The molecule has 4 heteroatoms. The van der Waals surface area contributed by atoms with Crippen LogP contribution >= 0.6 is 11.6 Å². The third kappa shape index (κ3) is 2.96. The Hall–Kier alpha value is -0.960. The van der Waals surface area contributed by atoms with Crippen LogP contribution in [0.25, 0.3) is 0 Å². The molecule has 66 valence electrons. The van der Waals surface area contributed by atoms with Crippen molar-refractivity contribution >= 4 is 17.5 Å². The molecule has 12 heavy (non-hydrogen) atoms. The smallest absolute Gasteiger partial charge is 0.221 e. The molecule has 0 unspecified atom stereocenters. The Morgan fingerprint density at radius 1 is 1.67 bits per heavy atom. The summed E-state index contributed by atoms with van der Waals surface area (Å²) in [5, 5.41) is 2.67. The number of rotatable bonds is 4. The van der Waals surface area contributed by atoms with Crippen molar-refractivity contribution in [1.82, 2.24) is 5.32 Å². The molecule has 0 fully saturated rings. The lowest BCUT2D eigenvalue weighted by Gasteiger charge is -1.99. The van der Waals surface area contributed by atoms with Gasteiger partial charge in [-0.15, -0.1) is 11.6 Å². The minimum Gasteiger partial charge on any atom is -0.467 e. The maximum absolute atomic E-state index is 10.9. The summed E-state index contributed by atoms with van der Waals surface area (Å²) in [5.41, 5.74) is 0. The van der Waals surface area contributed by atoms with Crippen molar-refractivity contribution < 1.29 is 9.21 Å². The van der Waals surface area contributed by atoms with Crippen molar-refractivity contribution in [3.63, 3.8) is 0 Å². The molecule has 0 aliphatic heterocycles. The third-order valence-electron chi connectivity index (χ3n) is 1.36. The Morgan fingerprint density at radius 2 is 2.50 bits per heavy atom. The maximum atomic E-state index is 10.9. The highest BCUT2D eigenvalue weighted by atomic mass is 35.5. The summed E-state index contributed by atoms with van der Waals surface area (Å²) >= 11 is 5.37. The van der Waals surface area contributed by atoms with Gasteiger partial charge in [-0.3, -0.25) is 4.79 Å². The normalized spacial score (nSPS) is 9.75. The molecular formula is C8H10ClNO2. The summed E-state index contributed by atoms with van der Waals surface area (Å²) in [5.74, 6) is 1.04. The quantitative estimate of drug-likeness (QED) is 0.727. The Labute approximate surface area is 75.7 Å². The molecule has 0 aromatic carbocycles. The van der Waals surface area contributed by atoms with Gasteiger partial charge < -0.3 is 9.73 Å². The fourth-order valence-electron chi connectivity index (χ4n) is 0.773. The van der Waals surface area contributed by atoms with E-state index in [1.54, 1.807) is 18.4 Å². The number of carbonyl (C=O) groups excluding carboxylic acids is 1. The van der Waals surface area contributed by atoms with Gasteiger partial charge in [0.25, 0.3) is 0 Å². The molecule has 0 saturated heterocycles. The number of halogens is 1. The largest absolute Gasteiger partial charge is 0.467 e. The van der Waals surface area contributed by atoms with Crippen LogP contribution in [0.2, 0.25) is 0 Å². The fraction of sp³-hybridized carbons (Fsp3) is 0.375. The third-order valence-corrected chi connectivity index (χ3v) is 1.55. The van der Waals surface area contributed by atoms with Crippen molar-refractivity contribution in [2.45, 2.75) is 13.0 Å². The highest BCUT2D eigenvalue weighted by molar-refractivity contribution is 6.18. The van der Waals surface area contributed by atoms with E-state index in [9.17, 15) is 4.79 Å². The monoisotopic (exact) mass is 187 g/mol. The molecule has 1 rings (SSSR count). The Balaban J connectivity index is 2.22. The second-order valence-electron chi connectivity index (χ2n) is 2.30. The lowest BCUT2D eigenvalue weighted by Crippen LogP contribution is -2.22. The lowest BCUT2D eigenvalue weighted by molar-refractivity contribution is -0.120. The van der Waals surface area contributed by atoms with Crippen molar-refractivity contribution in [2.24, 2.45) is 0 Å². The average molecular weight is 188 g/mol. The Kier molecular flexibility index (Phi) is 3.67. The van der Waals surface area contributed by atoms with Gasteiger partial charge in [0, 0.05) is 12.3 Å². The molecule has 1 aromatic rings. The summed E-state index contributed by atoms with van der Waals surface area (Å²) < 4.78 is 5.01. The summed E-state index contributed by atoms with van der Waals surface area (Å²) in [6, 6.07) is 3.59. The van der Waals surface area contributed by atoms with E-state index in [2.05, 4.69) is 5.32 Å². The number of alkyl halides is 1. The lowest BCUT2D eigenvalue weighted by atomic mass is 10.4. The van der Waals surface area contributed by atoms with Crippen LogP contribution in [-0.2, 0) is 11.3 Å². The van der Waals surface area contributed by atoms with Crippen molar-refractivity contribution in [1.29, 1.82) is 0 Å². The zero-order valence-corrected chi connectivity index (χ0v) is 7.30. The first-order valence-corrected chi connectivity index (χ1v) is 4.21. The van der Waals surface area contributed by atoms with Crippen molar-refractivity contribution in [2.75, 3.05) is 5.88 Å². The van der Waals surface area contributed by atoms with Gasteiger partial charge in [-0.2, -0.15) is 0 Å². The van der Waals surface area contributed by atoms with Crippen LogP contribution in [0.1, 0.15) is 12.2 Å². The molecule has 3 nitrogen and oxygen atoms in total. The Morgan fingerprint density at radius 3 is 3.08 bits per heavy atom. The predicted octanol–water partition coefficient (Wildman–Crippen LogP) is 1.52. The number of amides is 1. The van der Waals surface area contributed by atoms with Gasteiger partial charge in [0.2, 0.25) is 5.91 Å². The number of furan rings is 1. The molecule has 0 radical (unpaired) electrons. The molecule has 0 saturated carbocycles. The summed E-state index contributed by atoms with van der Waals surface area (Å²) in [4.78, 5) is 10.9. The van der Waals surface area contributed by atoms with Crippen LogP contribution in [0.4, 0.5) is 0 Å². The van der Waals surface area contributed by atoms with Gasteiger partial charge in [0.05, 0.1) is 12.8 Å². The van der Waals surface area contributed by atoms with Crippen LogP contribution in [0.5, 0.6) is 0 Å². The van der Waals surface area contributed by atoms with Gasteiger partial charge in [-0.05, 0) is 12.1 Å². The highest BCUT2D eigenvalue weighted by Crippen LogP contribution is 1.98. The van der Waals surface area contributed by atoms with E-state index in [-0.39, 0.29) is 5.91 Å². The van der Waals surface area contributed by atoms with E-state index in [0.717, 1.165) is 5.76 Å². The first-order valence-electron chi connectivity index (χ1n) is 3.68. The molecule has 0 bridgehead atoms. The van der Waals surface area contributed by atoms with Crippen LogP contribution < -0.4 is 5.32 Å². The number of carbonyl (C=O) groups is 1. The molecular weight excluding hydrogens is 178 g/mol. The van der Waals surface area contributed by atoms with Crippen LogP contribution in [0.3, 0.4) is 0 Å². The molecule has 0 spiro atoms. The van der Waals surface area contributed by atoms with Gasteiger partial charge in [-0.1, -0.05) is 0 Å². The minimum absolute atomic E-state index is 0.0543. The van der Waals surface area contributed by atoms with E-state index in [1.165, 1.54) is 0 Å². The minimum atomic E-state index is -0.0543. The van der Waals surface area contributed by atoms with E-state index in [1.807, 2.05) is 0 Å². The first kappa shape index (κ1) is 9.13. The van der Waals surface area contributed by atoms with E-state index in [0.29, 0.717) is 18.8 Å². The zero-order chi connectivity index (χ0) is 8.81. The Bertz CT molecular complexity index is 233. The molecule has 0 atom stereocenters. The van der Waals surface area contributed by atoms with Gasteiger partial charge >= 0.3 is 0 Å². The highest BCUT2D eigenvalue weighted by Gasteiger charge is 2.00. The molecule has 0 aliphatic carbocycles. The number of nitrogens with one attached hydrogen (secondary N) is 1. The molecule has 0 aliphatic rings. The summed E-state index contributed by atoms with van der Waals surface area (Å²) in [6.07, 6.45) is 1.92. The van der Waals surface area contributed by atoms with Crippen molar-refractivity contribution in [3.8, 4) is 0 Å². The van der Waals surface area contributed by atoms with E-state index in [4.69, 9.17) is 16.0 Å². The molecule has 1 N–H and O–H groups in total. The zero-order valence-electron chi connectivity index (χ0n) is 6.55. The maximum Gasteiger partial charge on any atom is 0.221 e. The second kappa shape index (κ2) is 4.83. The SMILES string of the molecule is O=C(CCCl)NCc1ccco1. The van der Waals surface area contributed by atoms with Gasteiger partial charge in [0.1, 0.15) is 5.76 Å². The van der Waals surface area contributed by atoms with Gasteiger partial charge in [0.15, 0.2) is 0 Å². The van der Waals surface area contributed by atoms with Crippen molar-refractivity contribution in [3.05, 3.63) is 24.2 Å². The topological polar surface area (TPSA) is 42.2 Å². The van der Waals surface area contributed by atoms with Crippen LogP contribution in [0.15, 0.2) is 22.8 Å². The average Bonchev–Trinajstić information content (AvgIpc) is 2.53. The van der Waals surface area contributed by atoms with Crippen LogP contribution in [0, 0.1) is 0 Å². The standard InChI is InChI=1S/C8H10ClNO2/c9-4-3-8(11)10-6-7-2-1-5-12-7/h1-2,5H,3-4,6H2,(H,10,11). The summed E-state index contributed by atoms with van der Waals surface area (Å²) in [7, 11) is 0. The molecule has 1 amide bonds. The second-order valence-corrected chi connectivity index (χ2v) is 2.67. The van der Waals surface area contributed by atoms with Crippen LogP contribution in [-0.4, -0.2) is 11.8 Å². The predicted molar refractivity (Wildman–Crippen MR) is 45.9 cm³/mol. The number of hydrogen-bond donors (Lipinski definition) is 1. The molecule has 1 aromatic heterocycles. The summed E-state index contributed by atoms with van der Waals surface area (Å²) in [6.45, 7) is 0.433. The van der Waals surface area contributed by atoms with E-state index < -0.39 is 0 Å². The van der Waals surface area contributed by atoms with Gasteiger partial charge in [-0.25, -0.2) is 0 Å². The van der Waals surface area contributed by atoms with E-state index >= 15 is 0 Å².